The molecule has 1 unspecified atom stereocenters. The zero-order valence-electron chi connectivity index (χ0n) is 18.4. The van der Waals surface area contributed by atoms with Crippen LogP contribution >= 0.6 is 0 Å². The van der Waals surface area contributed by atoms with E-state index in [1.165, 1.54) is 5.56 Å². The Kier molecular flexibility index (Phi) is 6.15. The van der Waals surface area contributed by atoms with Crippen LogP contribution in [0.1, 0.15) is 53.5 Å². The van der Waals surface area contributed by atoms with Crippen LogP contribution in [0.15, 0.2) is 40.9 Å². The molecular formula is C25H27N3O5. The molecule has 3 aromatic rings. The van der Waals surface area contributed by atoms with E-state index in [-0.39, 0.29) is 19.1 Å². The Morgan fingerprint density at radius 3 is 2.88 bits per heavy atom. The highest BCUT2D eigenvalue weighted by Crippen LogP contribution is 2.36. The fourth-order valence-corrected chi connectivity index (χ4v) is 4.46. The molecule has 0 fully saturated rings. The fraction of sp³-hybridized carbons (Fsp3) is 0.400. The molecule has 2 aliphatic rings. The first-order valence-electron chi connectivity index (χ1n) is 11.4. The summed E-state index contributed by atoms with van der Waals surface area (Å²) in [5.74, 6) is 1.93. The average molecular weight is 450 g/mol. The molecule has 2 N–H and O–H groups in total. The van der Waals surface area contributed by atoms with E-state index in [1.807, 2.05) is 24.3 Å². The maximum absolute atomic E-state index is 11.5. The van der Waals surface area contributed by atoms with E-state index in [9.17, 15) is 9.90 Å². The molecule has 1 atom stereocenters. The van der Waals surface area contributed by atoms with Gasteiger partial charge in [0.25, 0.3) is 0 Å². The maximum atomic E-state index is 11.5. The minimum absolute atomic E-state index is 0.00624. The number of ether oxygens (including phenoxy) is 2. The maximum Gasteiger partial charge on any atom is 0.303 e. The number of benzene rings is 1. The summed E-state index contributed by atoms with van der Waals surface area (Å²) in [6, 6.07) is 11.8. The molecular weight excluding hydrogens is 422 g/mol. The lowest BCUT2D eigenvalue weighted by molar-refractivity contribution is -0.137. The molecule has 8 heteroatoms. The van der Waals surface area contributed by atoms with Crippen LogP contribution in [0.5, 0.6) is 11.5 Å². The van der Waals surface area contributed by atoms with Crippen LogP contribution in [0.3, 0.4) is 0 Å². The van der Waals surface area contributed by atoms with Gasteiger partial charge in [0, 0.05) is 30.6 Å². The van der Waals surface area contributed by atoms with Crippen LogP contribution in [0.25, 0.3) is 0 Å². The molecule has 0 radical (unpaired) electrons. The molecule has 0 aliphatic carbocycles. The first kappa shape index (κ1) is 21.3. The molecule has 2 aliphatic heterocycles. The Bertz CT molecular complexity index is 1140. The summed E-state index contributed by atoms with van der Waals surface area (Å²) >= 11 is 0. The van der Waals surface area contributed by atoms with E-state index >= 15 is 0 Å². The number of fused-ring (bicyclic) bond motifs is 2. The van der Waals surface area contributed by atoms with E-state index in [4.69, 9.17) is 19.0 Å². The van der Waals surface area contributed by atoms with Gasteiger partial charge in [0.15, 0.2) is 11.5 Å². The molecule has 2 aromatic heterocycles. The molecule has 33 heavy (non-hydrogen) atoms. The van der Waals surface area contributed by atoms with E-state index < -0.39 is 5.97 Å². The van der Waals surface area contributed by atoms with E-state index in [1.54, 1.807) is 0 Å². The van der Waals surface area contributed by atoms with Gasteiger partial charge in [-0.25, -0.2) is 4.98 Å². The number of aromatic nitrogens is 2. The summed E-state index contributed by atoms with van der Waals surface area (Å²) in [5.41, 5.74) is 4.13. The van der Waals surface area contributed by atoms with Crippen molar-refractivity contribution < 1.29 is 23.9 Å². The van der Waals surface area contributed by atoms with Crippen molar-refractivity contribution in [2.75, 3.05) is 18.7 Å². The summed E-state index contributed by atoms with van der Waals surface area (Å²) in [7, 11) is 0. The van der Waals surface area contributed by atoms with Gasteiger partial charge in [-0.2, -0.15) is 0 Å². The SMILES string of the molecule is O=C(O)CC(Cc1cc(CCCc2ccc3c(n2)NCCC3)no1)c1ccc2c(c1)OCO2. The normalized spacial score (nSPS) is 15.0. The molecule has 4 heterocycles. The summed E-state index contributed by atoms with van der Waals surface area (Å²) in [5, 5.41) is 17.0. The predicted molar refractivity (Wildman–Crippen MR) is 121 cm³/mol. The highest BCUT2D eigenvalue weighted by molar-refractivity contribution is 5.68. The third kappa shape index (κ3) is 5.10. The first-order valence-corrected chi connectivity index (χ1v) is 11.4. The molecule has 172 valence electrons. The number of carboxylic acid groups (broad SMARTS) is 1. The van der Waals surface area contributed by atoms with Crippen molar-refractivity contribution in [3.63, 3.8) is 0 Å². The van der Waals surface area contributed by atoms with Crippen LogP contribution < -0.4 is 14.8 Å². The lowest BCUT2D eigenvalue weighted by Crippen LogP contribution is -2.14. The smallest absolute Gasteiger partial charge is 0.303 e. The highest BCUT2D eigenvalue weighted by Gasteiger charge is 2.22. The van der Waals surface area contributed by atoms with Gasteiger partial charge in [-0.1, -0.05) is 17.3 Å². The van der Waals surface area contributed by atoms with E-state index in [0.717, 1.165) is 61.4 Å². The van der Waals surface area contributed by atoms with Crippen LogP contribution in [-0.2, 0) is 30.5 Å². The minimum atomic E-state index is -0.857. The number of anilines is 1. The second kappa shape index (κ2) is 9.52. The number of carbonyl (C=O) groups is 1. The Morgan fingerprint density at radius 2 is 1.97 bits per heavy atom. The molecule has 5 rings (SSSR count). The summed E-state index contributed by atoms with van der Waals surface area (Å²) < 4.78 is 16.3. The van der Waals surface area contributed by atoms with Crippen LogP contribution in [0, 0.1) is 0 Å². The van der Waals surface area contributed by atoms with Crippen molar-refractivity contribution in [3.8, 4) is 11.5 Å². The van der Waals surface area contributed by atoms with Crippen LogP contribution in [-0.4, -0.2) is 34.6 Å². The molecule has 0 bridgehead atoms. The van der Waals surface area contributed by atoms with Gasteiger partial charge in [-0.15, -0.1) is 0 Å². The number of pyridine rings is 1. The number of hydrogen-bond acceptors (Lipinski definition) is 7. The van der Waals surface area contributed by atoms with Gasteiger partial charge in [0.1, 0.15) is 11.6 Å². The largest absolute Gasteiger partial charge is 0.481 e. The van der Waals surface area contributed by atoms with Crippen molar-refractivity contribution in [3.05, 3.63) is 64.7 Å². The number of nitrogens with zero attached hydrogens (tertiary/aromatic N) is 2. The van der Waals surface area contributed by atoms with Gasteiger partial charge >= 0.3 is 5.97 Å². The number of aliphatic carboxylic acids is 1. The number of aryl methyl sites for hydroxylation is 3. The summed E-state index contributed by atoms with van der Waals surface area (Å²) in [6.07, 6.45) is 5.26. The molecule has 0 amide bonds. The number of rotatable bonds is 9. The van der Waals surface area contributed by atoms with E-state index in [0.29, 0.717) is 23.7 Å². The van der Waals surface area contributed by atoms with Crippen molar-refractivity contribution in [2.24, 2.45) is 0 Å². The quantitative estimate of drug-likeness (QED) is 0.502. The zero-order chi connectivity index (χ0) is 22.6. The Hall–Kier alpha value is -3.55. The Morgan fingerprint density at radius 1 is 1.09 bits per heavy atom. The standard InChI is InChI=1S/C25H27N3O5/c29-24(30)13-18(17-7-9-22-23(12-17)32-15-31-22)11-21-14-20(28-33-21)5-1-4-19-8-6-16-3-2-10-26-25(16)27-19/h6-9,12,14,18H,1-5,10-11,13,15H2,(H,26,27)(H,29,30). The van der Waals surface area contributed by atoms with Crippen molar-refractivity contribution >= 4 is 11.8 Å². The highest BCUT2D eigenvalue weighted by atomic mass is 16.7. The summed E-state index contributed by atoms with van der Waals surface area (Å²) in [6.45, 7) is 1.17. The second-order valence-electron chi connectivity index (χ2n) is 8.59. The first-order chi connectivity index (χ1) is 16.1. The van der Waals surface area contributed by atoms with Gasteiger partial charge in [0.05, 0.1) is 12.1 Å². The third-order valence-corrected chi connectivity index (χ3v) is 6.16. The van der Waals surface area contributed by atoms with Crippen molar-refractivity contribution in [1.29, 1.82) is 0 Å². The van der Waals surface area contributed by atoms with Crippen LogP contribution in [0.4, 0.5) is 5.82 Å². The van der Waals surface area contributed by atoms with Crippen molar-refractivity contribution in [2.45, 2.75) is 50.9 Å². The number of nitrogens with one attached hydrogen (secondary N) is 1. The third-order valence-electron chi connectivity index (χ3n) is 6.16. The predicted octanol–water partition coefficient (Wildman–Crippen LogP) is 4.13. The molecule has 0 spiro atoms. The minimum Gasteiger partial charge on any atom is -0.481 e. The zero-order valence-corrected chi connectivity index (χ0v) is 18.4. The Balaban J connectivity index is 1.19. The number of carboxylic acids is 1. The van der Waals surface area contributed by atoms with Gasteiger partial charge < -0.3 is 24.4 Å². The lowest BCUT2D eigenvalue weighted by atomic mass is 9.91. The fourth-order valence-electron chi connectivity index (χ4n) is 4.46. The Labute approximate surface area is 191 Å². The molecule has 8 nitrogen and oxygen atoms in total. The number of hydrogen-bond donors (Lipinski definition) is 2. The van der Waals surface area contributed by atoms with Gasteiger partial charge in [-0.05, 0) is 61.4 Å². The average Bonchev–Trinajstić information content (AvgIpc) is 3.47. The molecule has 0 saturated heterocycles. The van der Waals surface area contributed by atoms with Gasteiger partial charge in [-0.3, -0.25) is 4.79 Å². The summed E-state index contributed by atoms with van der Waals surface area (Å²) in [4.78, 5) is 16.2. The molecule has 0 saturated carbocycles. The lowest BCUT2D eigenvalue weighted by Gasteiger charge is -2.17. The monoisotopic (exact) mass is 449 g/mol. The second-order valence-corrected chi connectivity index (χ2v) is 8.59. The van der Waals surface area contributed by atoms with E-state index in [2.05, 4.69) is 22.6 Å². The van der Waals surface area contributed by atoms with Crippen molar-refractivity contribution in [1.82, 2.24) is 10.1 Å². The molecule has 1 aromatic carbocycles. The van der Waals surface area contributed by atoms with Gasteiger partial charge in [0.2, 0.25) is 6.79 Å². The topological polar surface area (TPSA) is 107 Å². The van der Waals surface area contributed by atoms with Crippen LogP contribution in [0.2, 0.25) is 0 Å².